The van der Waals surface area contributed by atoms with Crippen LogP contribution >= 0.6 is 0 Å². The van der Waals surface area contributed by atoms with Crippen LogP contribution in [-0.2, 0) is 20.7 Å². The molecule has 2 rings (SSSR count). The number of carbonyl (C=O) groups excluding carboxylic acids is 2. The zero-order valence-electron chi connectivity index (χ0n) is 10.7. The highest BCUT2D eigenvalue weighted by molar-refractivity contribution is 5.87. The molecule has 102 valence electrons. The first-order valence-electron chi connectivity index (χ1n) is 6.46. The van der Waals surface area contributed by atoms with Gasteiger partial charge in [-0.3, -0.25) is 9.59 Å². The van der Waals surface area contributed by atoms with Gasteiger partial charge in [-0.15, -0.1) is 0 Å². The van der Waals surface area contributed by atoms with Gasteiger partial charge in [-0.2, -0.15) is 0 Å². The van der Waals surface area contributed by atoms with E-state index in [0.29, 0.717) is 26.1 Å². The number of benzene rings is 1. The number of rotatable bonds is 5. The molecule has 1 atom stereocenters. The first-order valence-corrected chi connectivity index (χ1v) is 6.46. The van der Waals surface area contributed by atoms with Gasteiger partial charge in [-0.25, -0.2) is 0 Å². The van der Waals surface area contributed by atoms with Crippen LogP contribution in [0.4, 0.5) is 0 Å². The van der Waals surface area contributed by atoms with Gasteiger partial charge >= 0.3 is 5.97 Å². The van der Waals surface area contributed by atoms with Gasteiger partial charge in [0, 0.05) is 19.5 Å². The second kappa shape index (κ2) is 6.89. The third-order valence-corrected chi connectivity index (χ3v) is 3.00. The minimum Gasteiger partial charge on any atom is -0.465 e. The largest absolute Gasteiger partial charge is 0.465 e. The maximum atomic E-state index is 11.6. The monoisotopic (exact) mass is 262 g/mol. The molecule has 0 saturated carbocycles. The van der Waals surface area contributed by atoms with Crippen molar-refractivity contribution < 1.29 is 14.3 Å². The molecule has 19 heavy (non-hydrogen) atoms. The molecule has 0 spiro atoms. The van der Waals surface area contributed by atoms with Crippen molar-refractivity contribution >= 4 is 11.9 Å². The zero-order valence-corrected chi connectivity index (χ0v) is 10.7. The summed E-state index contributed by atoms with van der Waals surface area (Å²) in [7, 11) is 0. The van der Waals surface area contributed by atoms with Crippen LogP contribution in [0.1, 0.15) is 12.0 Å². The Kier molecular flexibility index (Phi) is 4.92. The summed E-state index contributed by atoms with van der Waals surface area (Å²) in [6.45, 7) is 1.64. The lowest BCUT2D eigenvalue weighted by atomic mass is 10.1. The van der Waals surface area contributed by atoms with E-state index in [-0.39, 0.29) is 18.3 Å². The molecule has 1 amide bonds. The number of carbonyl (C=O) groups is 2. The maximum absolute atomic E-state index is 11.6. The average Bonchev–Trinajstić information content (AvgIpc) is 2.43. The van der Waals surface area contributed by atoms with Gasteiger partial charge in [-0.1, -0.05) is 30.3 Å². The van der Waals surface area contributed by atoms with E-state index in [0.717, 1.165) is 5.56 Å². The highest BCUT2D eigenvalue weighted by Gasteiger charge is 2.24. The van der Waals surface area contributed by atoms with E-state index in [1.54, 1.807) is 0 Å². The molecular formula is C14H18N2O3. The van der Waals surface area contributed by atoms with Crippen molar-refractivity contribution in [3.63, 3.8) is 0 Å². The van der Waals surface area contributed by atoms with E-state index in [1.807, 2.05) is 30.3 Å². The lowest BCUT2D eigenvalue weighted by Gasteiger charge is -2.22. The molecule has 1 heterocycles. The number of hydrogen-bond donors (Lipinski definition) is 2. The van der Waals surface area contributed by atoms with Crippen molar-refractivity contribution in [2.75, 3.05) is 19.7 Å². The summed E-state index contributed by atoms with van der Waals surface area (Å²) in [4.78, 5) is 23.0. The van der Waals surface area contributed by atoms with E-state index in [2.05, 4.69) is 10.6 Å². The Morgan fingerprint density at radius 1 is 1.26 bits per heavy atom. The summed E-state index contributed by atoms with van der Waals surface area (Å²) in [6, 6.07) is 9.37. The molecular weight excluding hydrogens is 244 g/mol. The molecule has 0 unspecified atom stereocenters. The number of ether oxygens (including phenoxy) is 1. The molecule has 1 aromatic rings. The highest BCUT2D eigenvalue weighted by Crippen LogP contribution is 2.02. The number of hydrogen-bond acceptors (Lipinski definition) is 4. The SMILES string of the molecule is O=C(C[C@@H]1NCCNC1=O)OCCc1ccccc1. The van der Waals surface area contributed by atoms with Crippen LogP contribution < -0.4 is 10.6 Å². The van der Waals surface area contributed by atoms with Crippen molar-refractivity contribution in [2.45, 2.75) is 18.9 Å². The molecule has 0 aromatic heterocycles. The van der Waals surface area contributed by atoms with Crippen LogP contribution in [0.25, 0.3) is 0 Å². The summed E-state index contributed by atoms with van der Waals surface area (Å²) < 4.78 is 5.14. The van der Waals surface area contributed by atoms with E-state index in [1.165, 1.54) is 0 Å². The summed E-state index contributed by atoms with van der Waals surface area (Å²) in [5.74, 6) is -0.475. The topological polar surface area (TPSA) is 67.4 Å². The van der Waals surface area contributed by atoms with Gasteiger partial charge < -0.3 is 15.4 Å². The van der Waals surface area contributed by atoms with Gasteiger partial charge in [0.1, 0.15) is 0 Å². The van der Waals surface area contributed by atoms with Gasteiger partial charge in [0.25, 0.3) is 0 Å². The Morgan fingerprint density at radius 3 is 2.79 bits per heavy atom. The van der Waals surface area contributed by atoms with Crippen LogP contribution in [0.3, 0.4) is 0 Å². The Morgan fingerprint density at radius 2 is 2.05 bits per heavy atom. The molecule has 1 aliphatic heterocycles. The van der Waals surface area contributed by atoms with E-state index < -0.39 is 6.04 Å². The summed E-state index contributed by atoms with van der Waals surface area (Å²) in [5.41, 5.74) is 1.13. The second-order valence-corrected chi connectivity index (χ2v) is 4.46. The third kappa shape index (κ3) is 4.37. The van der Waals surface area contributed by atoms with Crippen LogP contribution in [0, 0.1) is 0 Å². The minimum absolute atomic E-state index is 0.0840. The number of amides is 1. The van der Waals surface area contributed by atoms with Gasteiger partial charge in [0.2, 0.25) is 5.91 Å². The Labute approximate surface area is 112 Å². The molecule has 0 bridgehead atoms. The van der Waals surface area contributed by atoms with Crippen LogP contribution in [0.5, 0.6) is 0 Å². The molecule has 0 radical (unpaired) electrons. The molecule has 0 aliphatic carbocycles. The predicted molar refractivity (Wildman–Crippen MR) is 70.5 cm³/mol. The van der Waals surface area contributed by atoms with Gasteiger partial charge in [0.15, 0.2) is 0 Å². The first-order chi connectivity index (χ1) is 9.25. The molecule has 1 fully saturated rings. The van der Waals surface area contributed by atoms with E-state index in [9.17, 15) is 9.59 Å². The highest BCUT2D eigenvalue weighted by atomic mass is 16.5. The normalized spacial score (nSPS) is 18.7. The molecule has 2 N–H and O–H groups in total. The Hall–Kier alpha value is -1.88. The maximum Gasteiger partial charge on any atom is 0.307 e. The van der Waals surface area contributed by atoms with Crippen molar-refractivity contribution in [1.29, 1.82) is 0 Å². The smallest absolute Gasteiger partial charge is 0.307 e. The number of piperazine rings is 1. The summed E-state index contributed by atoms with van der Waals surface area (Å²) in [6.07, 6.45) is 0.775. The van der Waals surface area contributed by atoms with Crippen LogP contribution in [-0.4, -0.2) is 37.6 Å². The number of esters is 1. The van der Waals surface area contributed by atoms with Crippen LogP contribution in [0.15, 0.2) is 30.3 Å². The fourth-order valence-corrected chi connectivity index (χ4v) is 1.97. The standard InChI is InChI=1S/C14H18N2O3/c17-13(10-12-14(18)16-8-7-15-12)19-9-6-11-4-2-1-3-5-11/h1-5,12,15H,6-10H2,(H,16,18)/t12-/m0/s1. The number of nitrogens with one attached hydrogen (secondary N) is 2. The van der Waals surface area contributed by atoms with Gasteiger partial charge in [-0.05, 0) is 5.56 Å². The minimum atomic E-state index is -0.460. The summed E-state index contributed by atoms with van der Waals surface area (Å²) >= 11 is 0. The molecule has 1 aliphatic rings. The molecule has 1 aromatic carbocycles. The van der Waals surface area contributed by atoms with Crippen molar-refractivity contribution in [1.82, 2.24) is 10.6 Å². The molecule has 5 nitrogen and oxygen atoms in total. The fourth-order valence-electron chi connectivity index (χ4n) is 1.97. The van der Waals surface area contributed by atoms with Crippen molar-refractivity contribution in [2.24, 2.45) is 0 Å². The Bertz CT molecular complexity index is 434. The second-order valence-electron chi connectivity index (χ2n) is 4.46. The van der Waals surface area contributed by atoms with Crippen LogP contribution in [0.2, 0.25) is 0 Å². The lowest BCUT2D eigenvalue weighted by Crippen LogP contribution is -2.53. The van der Waals surface area contributed by atoms with E-state index in [4.69, 9.17) is 4.74 Å². The van der Waals surface area contributed by atoms with E-state index >= 15 is 0 Å². The predicted octanol–water partition coefficient (Wildman–Crippen LogP) is 0.250. The lowest BCUT2D eigenvalue weighted by molar-refractivity contribution is -0.146. The zero-order chi connectivity index (χ0) is 13.5. The van der Waals surface area contributed by atoms with Crippen molar-refractivity contribution in [3.8, 4) is 0 Å². The quantitative estimate of drug-likeness (QED) is 0.747. The first kappa shape index (κ1) is 13.5. The molecule has 5 heteroatoms. The third-order valence-electron chi connectivity index (χ3n) is 3.00. The fraction of sp³-hybridized carbons (Fsp3) is 0.429. The average molecular weight is 262 g/mol. The van der Waals surface area contributed by atoms with Gasteiger partial charge in [0.05, 0.1) is 19.1 Å². The Balaban J connectivity index is 1.68. The summed E-state index contributed by atoms with van der Waals surface area (Å²) in [5, 5.41) is 5.71. The molecule has 1 saturated heterocycles. The van der Waals surface area contributed by atoms with Crippen molar-refractivity contribution in [3.05, 3.63) is 35.9 Å².